The van der Waals surface area contributed by atoms with Crippen molar-refractivity contribution >= 4 is 5.91 Å². The lowest BCUT2D eigenvalue weighted by Crippen LogP contribution is -2.49. The van der Waals surface area contributed by atoms with Gasteiger partial charge >= 0.3 is 6.18 Å². The van der Waals surface area contributed by atoms with E-state index >= 15 is 0 Å². The number of halogens is 4. The number of nitrogens with one attached hydrogen (secondary N) is 1. The molecule has 1 amide bonds. The molecule has 0 aliphatic rings. The summed E-state index contributed by atoms with van der Waals surface area (Å²) in [5.74, 6) is 1.13. The number of methoxy groups -OCH3 is 1. The lowest BCUT2D eigenvalue weighted by atomic mass is 9.72. The zero-order valence-electron chi connectivity index (χ0n) is 18.9. The van der Waals surface area contributed by atoms with Crippen molar-refractivity contribution in [1.29, 1.82) is 0 Å². The summed E-state index contributed by atoms with van der Waals surface area (Å²) < 4.78 is 59.9. The molecule has 0 aliphatic carbocycles. The highest BCUT2D eigenvalue weighted by atomic mass is 19.4. The molecule has 0 radical (unpaired) electrons. The predicted octanol–water partition coefficient (Wildman–Crippen LogP) is 5.31. The Bertz CT molecular complexity index is 1030. The first-order valence-electron chi connectivity index (χ1n) is 10.2. The molecular formula is C25H27F4NO3. The molecule has 0 bridgehead atoms. The van der Waals surface area contributed by atoms with Gasteiger partial charge in [0.15, 0.2) is 5.60 Å². The number of hydrogen-bond acceptors (Lipinski definition) is 3. The van der Waals surface area contributed by atoms with Crippen molar-refractivity contribution in [2.45, 2.75) is 56.8 Å². The third-order valence-corrected chi connectivity index (χ3v) is 5.58. The van der Waals surface area contributed by atoms with Gasteiger partial charge in [-0.05, 0) is 54.2 Å². The molecule has 0 aromatic heterocycles. The maximum absolute atomic E-state index is 14.0. The van der Waals surface area contributed by atoms with E-state index in [1.54, 1.807) is 31.2 Å². The SMILES string of the molecule is C#CC[C@@](O)(CC(C)(C)c1ccc(F)cc1C(=O)N[C@@H](C)c1ccc(OC)cc1)C(F)(F)F. The molecule has 2 rings (SSSR count). The highest BCUT2D eigenvalue weighted by Gasteiger charge is 2.55. The minimum absolute atomic E-state index is 0.120. The molecule has 2 N–H and O–H groups in total. The van der Waals surface area contributed by atoms with Gasteiger partial charge in [0.05, 0.1) is 13.2 Å². The van der Waals surface area contributed by atoms with Crippen LogP contribution in [0, 0.1) is 18.2 Å². The second kappa shape index (κ2) is 9.84. The van der Waals surface area contributed by atoms with E-state index in [0.29, 0.717) is 5.75 Å². The smallest absolute Gasteiger partial charge is 0.418 e. The topological polar surface area (TPSA) is 58.6 Å². The summed E-state index contributed by atoms with van der Waals surface area (Å²) in [7, 11) is 1.52. The summed E-state index contributed by atoms with van der Waals surface area (Å²) in [5, 5.41) is 13.1. The first kappa shape index (κ1) is 26.2. The van der Waals surface area contributed by atoms with Crippen molar-refractivity contribution < 1.29 is 32.2 Å². The Morgan fingerprint density at radius 2 is 1.79 bits per heavy atom. The van der Waals surface area contributed by atoms with Crippen LogP contribution in [-0.2, 0) is 5.41 Å². The number of terminal acetylenes is 1. The fourth-order valence-electron chi connectivity index (χ4n) is 3.80. The fourth-order valence-corrected chi connectivity index (χ4v) is 3.80. The number of rotatable bonds is 8. The van der Waals surface area contributed by atoms with E-state index in [4.69, 9.17) is 11.2 Å². The van der Waals surface area contributed by atoms with E-state index in [-0.39, 0.29) is 11.1 Å². The van der Waals surface area contributed by atoms with E-state index in [2.05, 4.69) is 5.32 Å². The Labute approximate surface area is 191 Å². The van der Waals surface area contributed by atoms with Crippen molar-refractivity contribution in [3.63, 3.8) is 0 Å². The largest absolute Gasteiger partial charge is 0.497 e. The Balaban J connectivity index is 2.38. The third kappa shape index (κ3) is 6.05. The van der Waals surface area contributed by atoms with E-state index in [1.165, 1.54) is 27.0 Å². The van der Waals surface area contributed by atoms with Crippen LogP contribution in [0.4, 0.5) is 17.6 Å². The van der Waals surface area contributed by atoms with Gasteiger partial charge in [-0.1, -0.05) is 32.0 Å². The summed E-state index contributed by atoms with van der Waals surface area (Å²) in [4.78, 5) is 13.0. The standard InChI is InChI=1S/C25H27F4NO3/c1-6-13-24(32,25(27,28)29)15-23(3,4)21-12-9-18(26)14-20(21)22(31)30-16(2)17-7-10-19(33-5)11-8-17/h1,7-12,14,16,32H,13,15H2,2-5H3,(H,30,31)/t16-,24+/m0/s1. The minimum atomic E-state index is -4.98. The van der Waals surface area contributed by atoms with E-state index in [9.17, 15) is 27.5 Å². The summed E-state index contributed by atoms with van der Waals surface area (Å²) in [6.45, 7) is 4.60. The molecule has 0 saturated heterocycles. The van der Waals surface area contributed by atoms with Gasteiger partial charge in [0, 0.05) is 12.0 Å². The number of hydrogen-bond donors (Lipinski definition) is 2. The molecule has 2 aromatic rings. The number of amides is 1. The molecule has 0 saturated carbocycles. The monoisotopic (exact) mass is 465 g/mol. The van der Waals surface area contributed by atoms with E-state index in [0.717, 1.165) is 17.7 Å². The Morgan fingerprint density at radius 3 is 2.30 bits per heavy atom. The lowest BCUT2D eigenvalue weighted by molar-refractivity contribution is -0.264. The van der Waals surface area contributed by atoms with Crippen molar-refractivity contribution in [3.05, 3.63) is 65.0 Å². The number of aliphatic hydroxyl groups is 1. The van der Waals surface area contributed by atoms with Crippen molar-refractivity contribution in [3.8, 4) is 18.1 Å². The fraction of sp³-hybridized carbons (Fsp3) is 0.400. The van der Waals surface area contributed by atoms with Crippen molar-refractivity contribution in [2.75, 3.05) is 7.11 Å². The Hall–Kier alpha value is -3.05. The maximum atomic E-state index is 14.0. The zero-order valence-corrected chi connectivity index (χ0v) is 18.9. The van der Waals surface area contributed by atoms with E-state index in [1.807, 2.05) is 5.92 Å². The summed E-state index contributed by atoms with van der Waals surface area (Å²) >= 11 is 0. The molecule has 8 heteroatoms. The second-order valence-corrected chi connectivity index (χ2v) is 8.63. The summed E-state index contributed by atoms with van der Waals surface area (Å²) in [6, 6.07) is 9.77. The van der Waals surface area contributed by atoms with Crippen LogP contribution in [0.1, 0.15) is 61.1 Å². The molecule has 178 valence electrons. The summed E-state index contributed by atoms with van der Waals surface area (Å²) in [5.41, 5.74) is -3.75. The number of benzene rings is 2. The average Bonchev–Trinajstić information content (AvgIpc) is 2.72. The molecule has 0 fully saturated rings. The van der Waals surface area contributed by atoms with Crippen LogP contribution in [0.3, 0.4) is 0 Å². The molecule has 0 unspecified atom stereocenters. The van der Waals surface area contributed by atoms with Crippen LogP contribution < -0.4 is 10.1 Å². The Kier molecular flexibility index (Phi) is 7.81. The average molecular weight is 465 g/mol. The van der Waals surface area contributed by atoms with Gasteiger partial charge in [-0.3, -0.25) is 4.79 Å². The number of ether oxygens (including phenoxy) is 1. The first-order valence-corrected chi connectivity index (χ1v) is 10.2. The molecule has 0 spiro atoms. The van der Waals surface area contributed by atoms with Gasteiger partial charge in [0.25, 0.3) is 5.91 Å². The van der Waals surface area contributed by atoms with Gasteiger partial charge in [-0.15, -0.1) is 12.3 Å². The normalized spacial score (nSPS) is 14.7. The number of carbonyl (C=O) groups excluding carboxylic acids is 1. The van der Waals surface area contributed by atoms with Gasteiger partial charge in [0.1, 0.15) is 11.6 Å². The molecule has 4 nitrogen and oxygen atoms in total. The van der Waals surface area contributed by atoms with Gasteiger partial charge in [0.2, 0.25) is 0 Å². The summed E-state index contributed by atoms with van der Waals surface area (Å²) in [6.07, 6.45) is -1.68. The molecule has 2 aromatic carbocycles. The quantitative estimate of drug-likeness (QED) is 0.410. The van der Waals surface area contributed by atoms with Crippen LogP contribution in [0.5, 0.6) is 5.75 Å². The lowest BCUT2D eigenvalue weighted by Gasteiger charge is -2.37. The van der Waals surface area contributed by atoms with Gasteiger partial charge in [-0.2, -0.15) is 13.2 Å². The first-order chi connectivity index (χ1) is 15.2. The van der Waals surface area contributed by atoms with Gasteiger partial charge < -0.3 is 15.2 Å². The molecule has 0 heterocycles. The third-order valence-electron chi connectivity index (χ3n) is 5.58. The highest BCUT2D eigenvalue weighted by molar-refractivity contribution is 5.96. The Morgan fingerprint density at radius 1 is 1.18 bits per heavy atom. The number of carbonyl (C=O) groups is 1. The van der Waals surface area contributed by atoms with Crippen LogP contribution in [0.2, 0.25) is 0 Å². The number of alkyl halides is 3. The minimum Gasteiger partial charge on any atom is -0.497 e. The molecule has 0 aliphatic heterocycles. The molecule has 2 atom stereocenters. The second-order valence-electron chi connectivity index (χ2n) is 8.63. The molecule has 33 heavy (non-hydrogen) atoms. The van der Waals surface area contributed by atoms with Crippen LogP contribution in [-0.4, -0.2) is 29.9 Å². The van der Waals surface area contributed by atoms with Crippen LogP contribution >= 0.6 is 0 Å². The highest BCUT2D eigenvalue weighted by Crippen LogP contribution is 2.43. The van der Waals surface area contributed by atoms with Gasteiger partial charge in [-0.25, -0.2) is 4.39 Å². The van der Waals surface area contributed by atoms with Crippen molar-refractivity contribution in [1.82, 2.24) is 5.32 Å². The maximum Gasteiger partial charge on any atom is 0.418 e. The van der Waals surface area contributed by atoms with Crippen molar-refractivity contribution in [2.24, 2.45) is 0 Å². The molecular weight excluding hydrogens is 438 g/mol. The van der Waals surface area contributed by atoms with E-state index < -0.39 is 47.8 Å². The zero-order chi connectivity index (χ0) is 25.0. The van der Waals surface area contributed by atoms with Crippen LogP contribution in [0.15, 0.2) is 42.5 Å². The van der Waals surface area contributed by atoms with Crippen LogP contribution in [0.25, 0.3) is 0 Å². The predicted molar refractivity (Wildman–Crippen MR) is 117 cm³/mol.